The van der Waals surface area contributed by atoms with Crippen molar-refractivity contribution in [3.63, 3.8) is 0 Å². The summed E-state index contributed by atoms with van der Waals surface area (Å²) in [5.74, 6) is 0.843. The fourth-order valence-corrected chi connectivity index (χ4v) is 1.36. The molecule has 0 unspecified atom stereocenters. The zero-order valence-corrected chi connectivity index (χ0v) is 8.17. The number of hydrogen-bond acceptors (Lipinski definition) is 2. The molecule has 0 aromatic heterocycles. The van der Waals surface area contributed by atoms with Crippen LogP contribution in [0.2, 0.25) is 5.02 Å². The SMILES string of the molecule is CC1(Oc2ccc(Cl)cc2)COC1. The number of ether oxygens (including phenoxy) is 2. The largest absolute Gasteiger partial charge is 0.483 e. The summed E-state index contributed by atoms with van der Waals surface area (Å²) in [4.78, 5) is 0. The third kappa shape index (κ3) is 1.95. The van der Waals surface area contributed by atoms with Crippen molar-refractivity contribution in [2.45, 2.75) is 12.5 Å². The Morgan fingerprint density at radius 2 is 1.92 bits per heavy atom. The minimum atomic E-state index is -0.145. The maximum atomic E-state index is 5.75. The minimum Gasteiger partial charge on any atom is -0.483 e. The van der Waals surface area contributed by atoms with Crippen LogP contribution in [0.3, 0.4) is 0 Å². The monoisotopic (exact) mass is 198 g/mol. The van der Waals surface area contributed by atoms with Gasteiger partial charge in [0, 0.05) is 5.02 Å². The first-order valence-corrected chi connectivity index (χ1v) is 4.58. The Bertz CT molecular complexity index is 290. The van der Waals surface area contributed by atoms with Gasteiger partial charge in [0.15, 0.2) is 5.60 Å². The molecule has 1 aliphatic rings. The Morgan fingerprint density at radius 3 is 2.38 bits per heavy atom. The lowest BCUT2D eigenvalue weighted by Gasteiger charge is -2.38. The van der Waals surface area contributed by atoms with Crippen molar-refractivity contribution in [3.8, 4) is 5.75 Å². The molecule has 0 bridgehead atoms. The van der Waals surface area contributed by atoms with Gasteiger partial charge in [-0.25, -0.2) is 0 Å². The summed E-state index contributed by atoms with van der Waals surface area (Å²) in [5, 5.41) is 0.724. The molecule has 1 aliphatic heterocycles. The molecule has 2 rings (SSSR count). The van der Waals surface area contributed by atoms with Crippen LogP contribution in [-0.4, -0.2) is 18.8 Å². The molecule has 1 fully saturated rings. The second-order valence-corrected chi connectivity index (χ2v) is 3.94. The quantitative estimate of drug-likeness (QED) is 0.727. The zero-order chi connectivity index (χ0) is 9.31. The Kier molecular flexibility index (Phi) is 2.18. The van der Waals surface area contributed by atoms with Crippen LogP contribution in [0.15, 0.2) is 24.3 Å². The highest BCUT2D eigenvalue weighted by atomic mass is 35.5. The molecule has 70 valence electrons. The van der Waals surface area contributed by atoms with Gasteiger partial charge in [0.1, 0.15) is 5.75 Å². The van der Waals surface area contributed by atoms with E-state index in [9.17, 15) is 0 Å². The van der Waals surface area contributed by atoms with Crippen LogP contribution < -0.4 is 4.74 Å². The van der Waals surface area contributed by atoms with Gasteiger partial charge in [-0.1, -0.05) is 11.6 Å². The van der Waals surface area contributed by atoms with Crippen LogP contribution >= 0.6 is 11.6 Å². The summed E-state index contributed by atoms with van der Waals surface area (Å²) >= 11 is 5.75. The number of benzene rings is 1. The summed E-state index contributed by atoms with van der Waals surface area (Å²) in [6.07, 6.45) is 0. The molecule has 1 saturated heterocycles. The lowest BCUT2D eigenvalue weighted by molar-refractivity contribution is -0.149. The molecule has 0 radical (unpaired) electrons. The Morgan fingerprint density at radius 1 is 1.31 bits per heavy atom. The standard InChI is InChI=1S/C10H11ClO2/c1-10(6-12-7-10)13-9-4-2-8(11)3-5-9/h2-5H,6-7H2,1H3. The highest BCUT2D eigenvalue weighted by molar-refractivity contribution is 6.30. The first kappa shape index (κ1) is 8.85. The van der Waals surface area contributed by atoms with E-state index in [-0.39, 0.29) is 5.60 Å². The Labute approximate surface area is 82.4 Å². The second kappa shape index (κ2) is 3.20. The van der Waals surface area contributed by atoms with Gasteiger partial charge in [0.2, 0.25) is 0 Å². The summed E-state index contributed by atoms with van der Waals surface area (Å²) in [5.41, 5.74) is -0.145. The van der Waals surface area contributed by atoms with Crippen molar-refractivity contribution in [2.24, 2.45) is 0 Å². The third-order valence-electron chi connectivity index (χ3n) is 1.99. The molecular weight excluding hydrogens is 188 g/mol. The molecule has 1 heterocycles. The fourth-order valence-electron chi connectivity index (χ4n) is 1.24. The van der Waals surface area contributed by atoms with Crippen molar-refractivity contribution in [1.82, 2.24) is 0 Å². The highest BCUT2D eigenvalue weighted by Crippen LogP contribution is 2.25. The summed E-state index contributed by atoms with van der Waals surface area (Å²) in [7, 11) is 0. The van der Waals surface area contributed by atoms with Crippen LogP contribution in [0.4, 0.5) is 0 Å². The molecule has 0 spiro atoms. The molecule has 0 atom stereocenters. The molecule has 13 heavy (non-hydrogen) atoms. The van der Waals surface area contributed by atoms with Crippen LogP contribution in [0, 0.1) is 0 Å². The highest BCUT2D eigenvalue weighted by Gasteiger charge is 2.35. The predicted molar refractivity (Wildman–Crippen MR) is 51.3 cm³/mol. The van der Waals surface area contributed by atoms with Crippen LogP contribution in [0.1, 0.15) is 6.92 Å². The van der Waals surface area contributed by atoms with Crippen molar-refractivity contribution in [3.05, 3.63) is 29.3 Å². The molecule has 0 aliphatic carbocycles. The Balaban J connectivity index is 2.05. The van der Waals surface area contributed by atoms with Gasteiger partial charge in [-0.15, -0.1) is 0 Å². The maximum absolute atomic E-state index is 5.75. The molecule has 3 heteroatoms. The fraction of sp³-hybridized carbons (Fsp3) is 0.400. The van der Waals surface area contributed by atoms with E-state index in [2.05, 4.69) is 0 Å². The van der Waals surface area contributed by atoms with Gasteiger partial charge in [0.05, 0.1) is 13.2 Å². The van der Waals surface area contributed by atoms with Gasteiger partial charge >= 0.3 is 0 Å². The summed E-state index contributed by atoms with van der Waals surface area (Å²) in [6, 6.07) is 7.37. The van der Waals surface area contributed by atoms with E-state index >= 15 is 0 Å². The van der Waals surface area contributed by atoms with Crippen LogP contribution in [-0.2, 0) is 4.74 Å². The third-order valence-corrected chi connectivity index (χ3v) is 2.24. The van der Waals surface area contributed by atoms with Crippen LogP contribution in [0.5, 0.6) is 5.75 Å². The van der Waals surface area contributed by atoms with E-state index in [0.29, 0.717) is 13.2 Å². The first-order chi connectivity index (χ1) is 6.18. The lowest BCUT2D eigenvalue weighted by atomic mass is 10.1. The zero-order valence-electron chi connectivity index (χ0n) is 7.42. The van der Waals surface area contributed by atoms with Gasteiger partial charge in [-0.3, -0.25) is 0 Å². The van der Waals surface area contributed by atoms with Crippen molar-refractivity contribution in [2.75, 3.05) is 13.2 Å². The maximum Gasteiger partial charge on any atom is 0.152 e. The number of hydrogen-bond donors (Lipinski definition) is 0. The van der Waals surface area contributed by atoms with E-state index in [1.807, 2.05) is 31.2 Å². The second-order valence-electron chi connectivity index (χ2n) is 3.50. The van der Waals surface area contributed by atoms with Gasteiger partial charge in [0.25, 0.3) is 0 Å². The van der Waals surface area contributed by atoms with Crippen molar-refractivity contribution < 1.29 is 9.47 Å². The van der Waals surface area contributed by atoms with Crippen LogP contribution in [0.25, 0.3) is 0 Å². The van der Waals surface area contributed by atoms with E-state index < -0.39 is 0 Å². The van der Waals surface area contributed by atoms with E-state index in [0.717, 1.165) is 10.8 Å². The molecule has 2 nitrogen and oxygen atoms in total. The van der Waals surface area contributed by atoms with E-state index in [4.69, 9.17) is 21.1 Å². The normalized spacial score (nSPS) is 19.2. The van der Waals surface area contributed by atoms with Gasteiger partial charge in [-0.2, -0.15) is 0 Å². The number of halogens is 1. The lowest BCUT2D eigenvalue weighted by Crippen LogP contribution is -2.51. The predicted octanol–water partition coefficient (Wildman–Crippen LogP) is 2.51. The first-order valence-electron chi connectivity index (χ1n) is 4.20. The summed E-state index contributed by atoms with van der Waals surface area (Å²) < 4.78 is 10.8. The molecule has 0 amide bonds. The van der Waals surface area contributed by atoms with Gasteiger partial charge in [-0.05, 0) is 31.2 Å². The van der Waals surface area contributed by atoms with Crippen molar-refractivity contribution >= 4 is 11.6 Å². The topological polar surface area (TPSA) is 18.5 Å². The smallest absolute Gasteiger partial charge is 0.152 e. The molecule has 0 saturated carbocycles. The molecule has 0 N–H and O–H groups in total. The average molecular weight is 199 g/mol. The van der Waals surface area contributed by atoms with E-state index in [1.54, 1.807) is 0 Å². The number of rotatable bonds is 2. The molecule has 1 aromatic carbocycles. The molecule has 1 aromatic rings. The minimum absolute atomic E-state index is 0.145. The average Bonchev–Trinajstić information content (AvgIpc) is 2.06. The molecular formula is C10H11ClO2. The Hall–Kier alpha value is -0.730. The van der Waals surface area contributed by atoms with E-state index in [1.165, 1.54) is 0 Å². The van der Waals surface area contributed by atoms with Crippen molar-refractivity contribution in [1.29, 1.82) is 0 Å². The van der Waals surface area contributed by atoms with Gasteiger partial charge < -0.3 is 9.47 Å². The summed E-state index contributed by atoms with van der Waals surface area (Å²) in [6.45, 7) is 3.36.